The number of carbonyl (C=O) groups is 1. The highest BCUT2D eigenvalue weighted by atomic mass is 16.1. The van der Waals surface area contributed by atoms with E-state index in [1.165, 1.54) is 12.3 Å². The second-order valence-corrected chi connectivity index (χ2v) is 3.26. The van der Waals surface area contributed by atoms with E-state index in [-0.39, 0.29) is 16.5 Å². The number of nitrogens with one attached hydrogen (secondary N) is 1. The van der Waals surface area contributed by atoms with Crippen LogP contribution >= 0.6 is 0 Å². The van der Waals surface area contributed by atoms with E-state index in [0.717, 1.165) is 5.69 Å². The molecule has 0 aliphatic rings. The average Bonchev–Trinajstić information content (AvgIpc) is 2.30. The van der Waals surface area contributed by atoms with Crippen molar-refractivity contribution in [3.05, 3.63) is 39.9 Å². The van der Waals surface area contributed by atoms with Gasteiger partial charge < -0.3 is 10.7 Å². The Morgan fingerprint density at radius 3 is 2.65 bits per heavy atom. The maximum atomic E-state index is 11.7. The van der Waals surface area contributed by atoms with Crippen molar-refractivity contribution in [2.45, 2.75) is 20.8 Å². The van der Waals surface area contributed by atoms with Gasteiger partial charge >= 0.3 is 0 Å². The summed E-state index contributed by atoms with van der Waals surface area (Å²) >= 11 is 0. The Kier molecular flexibility index (Phi) is 3.98. The van der Waals surface area contributed by atoms with Crippen molar-refractivity contribution >= 4 is 16.8 Å². The van der Waals surface area contributed by atoms with Gasteiger partial charge in [-0.2, -0.15) is 0 Å². The van der Waals surface area contributed by atoms with Gasteiger partial charge in [0, 0.05) is 18.0 Å². The number of hydrogen-bond acceptors (Lipinski definition) is 3. The number of carbonyl (C=O) groups excluding carboxylic acids is 1. The van der Waals surface area contributed by atoms with Crippen LogP contribution in [0.4, 0.5) is 0 Å². The number of amides is 1. The number of nitrogens with two attached hydrogens (primary N) is 1. The minimum absolute atomic E-state index is 0.00810. The summed E-state index contributed by atoms with van der Waals surface area (Å²) in [6.07, 6.45) is 1.44. The Bertz CT molecular complexity index is 602. The van der Waals surface area contributed by atoms with Crippen LogP contribution in [-0.4, -0.2) is 15.9 Å². The predicted octanol–water partition coefficient (Wildman–Crippen LogP) is 1.36. The molecule has 0 atom stereocenters. The zero-order valence-electron chi connectivity index (χ0n) is 10.1. The van der Waals surface area contributed by atoms with E-state index in [1.54, 1.807) is 13.0 Å². The molecule has 0 saturated heterocycles. The van der Waals surface area contributed by atoms with Crippen LogP contribution in [-0.2, 0) is 0 Å². The summed E-state index contributed by atoms with van der Waals surface area (Å²) < 4.78 is 0. The highest BCUT2D eigenvalue weighted by Gasteiger charge is 2.11. The zero-order valence-corrected chi connectivity index (χ0v) is 10.1. The van der Waals surface area contributed by atoms with Crippen LogP contribution in [0.2, 0.25) is 0 Å². The van der Waals surface area contributed by atoms with E-state index in [0.29, 0.717) is 5.52 Å². The van der Waals surface area contributed by atoms with E-state index in [1.807, 2.05) is 13.8 Å². The van der Waals surface area contributed by atoms with Crippen LogP contribution in [0.5, 0.6) is 0 Å². The molecule has 0 aromatic carbocycles. The third-order valence-corrected chi connectivity index (χ3v) is 2.11. The third kappa shape index (κ3) is 2.50. The number of fused-ring (bicyclic) bond motifs is 1. The molecule has 0 spiro atoms. The van der Waals surface area contributed by atoms with Crippen LogP contribution in [0.15, 0.2) is 23.1 Å². The fourth-order valence-electron chi connectivity index (χ4n) is 1.52. The van der Waals surface area contributed by atoms with Crippen molar-refractivity contribution in [3.63, 3.8) is 0 Å². The molecule has 2 heterocycles. The number of aromatic nitrogens is 2. The van der Waals surface area contributed by atoms with Gasteiger partial charge in [-0.15, -0.1) is 0 Å². The van der Waals surface area contributed by atoms with E-state index in [4.69, 9.17) is 5.73 Å². The lowest BCUT2D eigenvalue weighted by atomic mass is 10.1. The molecule has 0 saturated carbocycles. The monoisotopic (exact) mass is 233 g/mol. The highest BCUT2D eigenvalue weighted by Crippen LogP contribution is 2.10. The number of hydrogen-bond donors (Lipinski definition) is 2. The van der Waals surface area contributed by atoms with Gasteiger partial charge in [0.15, 0.2) is 5.43 Å². The molecular weight excluding hydrogens is 218 g/mol. The summed E-state index contributed by atoms with van der Waals surface area (Å²) in [5.74, 6) is -0.699. The fourth-order valence-corrected chi connectivity index (χ4v) is 1.52. The standard InChI is InChI=1S/C10H9N3O2.C2H6/c1-5-4-7(14)8-6(13-5)2-3-12-9(8)10(11)15;1-2/h2-4H,1H3,(H2,11,15)(H,13,14);1-2H3. The van der Waals surface area contributed by atoms with Gasteiger partial charge in [0.25, 0.3) is 5.91 Å². The molecule has 0 radical (unpaired) electrons. The first-order valence-electron chi connectivity index (χ1n) is 5.38. The first-order valence-corrected chi connectivity index (χ1v) is 5.38. The molecule has 5 heteroatoms. The molecule has 90 valence electrons. The first kappa shape index (κ1) is 12.9. The zero-order chi connectivity index (χ0) is 13.0. The summed E-state index contributed by atoms with van der Waals surface area (Å²) in [7, 11) is 0. The van der Waals surface area contributed by atoms with Gasteiger partial charge in [-0.1, -0.05) is 13.8 Å². The minimum atomic E-state index is -0.699. The van der Waals surface area contributed by atoms with Crippen molar-refractivity contribution in [1.29, 1.82) is 0 Å². The largest absolute Gasteiger partial charge is 0.364 e. The van der Waals surface area contributed by atoms with E-state index in [2.05, 4.69) is 9.97 Å². The van der Waals surface area contributed by atoms with Crippen molar-refractivity contribution in [2.75, 3.05) is 0 Å². The van der Waals surface area contributed by atoms with Crippen LogP contribution in [0.1, 0.15) is 30.0 Å². The van der Waals surface area contributed by atoms with Crippen molar-refractivity contribution in [2.24, 2.45) is 5.73 Å². The molecule has 2 rings (SSSR count). The van der Waals surface area contributed by atoms with Gasteiger partial charge in [0.05, 0.1) is 10.9 Å². The number of pyridine rings is 2. The summed E-state index contributed by atoms with van der Waals surface area (Å²) in [6, 6.07) is 3.05. The molecule has 1 amide bonds. The summed E-state index contributed by atoms with van der Waals surface area (Å²) in [4.78, 5) is 29.5. The number of aromatic amines is 1. The van der Waals surface area contributed by atoms with Crippen LogP contribution < -0.4 is 11.2 Å². The summed E-state index contributed by atoms with van der Waals surface area (Å²) in [5.41, 5.74) is 6.20. The molecule has 0 bridgehead atoms. The second-order valence-electron chi connectivity index (χ2n) is 3.26. The van der Waals surface area contributed by atoms with Crippen LogP contribution in [0, 0.1) is 6.92 Å². The lowest BCUT2D eigenvalue weighted by molar-refractivity contribution is 0.0997. The highest BCUT2D eigenvalue weighted by molar-refractivity contribution is 6.03. The maximum Gasteiger partial charge on any atom is 0.268 e. The topological polar surface area (TPSA) is 88.8 Å². The Morgan fingerprint density at radius 1 is 1.41 bits per heavy atom. The molecule has 17 heavy (non-hydrogen) atoms. The lowest BCUT2D eigenvalue weighted by Gasteiger charge is -2.02. The first-order chi connectivity index (χ1) is 8.09. The number of nitrogens with zero attached hydrogens (tertiary/aromatic N) is 1. The van der Waals surface area contributed by atoms with E-state index >= 15 is 0 Å². The summed E-state index contributed by atoms with van der Waals surface area (Å²) in [5, 5.41) is 0.246. The number of rotatable bonds is 1. The molecule has 0 unspecified atom stereocenters. The van der Waals surface area contributed by atoms with Gasteiger partial charge in [-0.3, -0.25) is 14.6 Å². The molecule has 5 nitrogen and oxygen atoms in total. The van der Waals surface area contributed by atoms with Crippen molar-refractivity contribution < 1.29 is 4.79 Å². The van der Waals surface area contributed by atoms with Crippen molar-refractivity contribution in [1.82, 2.24) is 9.97 Å². The summed E-state index contributed by atoms with van der Waals surface area (Å²) in [6.45, 7) is 5.77. The van der Waals surface area contributed by atoms with Crippen molar-refractivity contribution in [3.8, 4) is 0 Å². The molecule has 0 fully saturated rings. The molecule has 0 aliphatic heterocycles. The molecular formula is C12H15N3O2. The smallest absolute Gasteiger partial charge is 0.268 e. The fraction of sp³-hybridized carbons (Fsp3) is 0.250. The Balaban J connectivity index is 0.000000686. The second kappa shape index (κ2) is 5.25. The normalized spacial score (nSPS) is 9.59. The SMILES string of the molecule is CC.Cc1cc(=O)c2c(C(N)=O)nccc2[nH]1. The van der Waals surface area contributed by atoms with Gasteiger partial charge in [-0.05, 0) is 13.0 Å². The van der Waals surface area contributed by atoms with E-state index < -0.39 is 5.91 Å². The number of primary amides is 1. The average molecular weight is 233 g/mol. The predicted molar refractivity (Wildman–Crippen MR) is 67.0 cm³/mol. The Hall–Kier alpha value is -2.17. The maximum absolute atomic E-state index is 11.7. The molecule has 2 aromatic rings. The quantitative estimate of drug-likeness (QED) is 0.779. The van der Waals surface area contributed by atoms with Crippen LogP contribution in [0.3, 0.4) is 0 Å². The Morgan fingerprint density at radius 2 is 2.06 bits per heavy atom. The van der Waals surface area contributed by atoms with Crippen LogP contribution in [0.25, 0.3) is 10.9 Å². The molecule has 0 aliphatic carbocycles. The minimum Gasteiger partial charge on any atom is -0.364 e. The van der Waals surface area contributed by atoms with E-state index in [9.17, 15) is 9.59 Å². The Labute approximate surface area is 98.7 Å². The molecule has 2 aromatic heterocycles. The number of aryl methyl sites for hydroxylation is 1. The van der Waals surface area contributed by atoms with Gasteiger partial charge in [0.2, 0.25) is 0 Å². The lowest BCUT2D eigenvalue weighted by Crippen LogP contribution is -2.17. The van der Waals surface area contributed by atoms with Gasteiger partial charge in [0.1, 0.15) is 5.69 Å². The molecule has 3 N–H and O–H groups in total. The third-order valence-electron chi connectivity index (χ3n) is 2.11. The number of H-pyrrole nitrogens is 1. The van der Waals surface area contributed by atoms with Gasteiger partial charge in [-0.25, -0.2) is 0 Å².